The van der Waals surface area contributed by atoms with E-state index in [4.69, 9.17) is 11.5 Å². The first-order valence-corrected chi connectivity index (χ1v) is 4.26. The third-order valence-electron chi connectivity index (χ3n) is 1.63. The fourth-order valence-electron chi connectivity index (χ4n) is 0.936. The topological polar surface area (TPSA) is 20.2 Å². The maximum absolute atomic E-state index is 8.90. The van der Waals surface area contributed by atoms with Crippen molar-refractivity contribution in [2.45, 2.75) is 0 Å². The third kappa shape index (κ3) is 5.02. The Morgan fingerprint density at radius 3 is 2.07 bits per heavy atom. The van der Waals surface area contributed by atoms with E-state index in [1.165, 1.54) is 0 Å². The number of hydrogen-bond donors (Lipinski definition) is 1. The molecule has 0 aliphatic heterocycles. The van der Waals surface area contributed by atoms with Crippen LogP contribution in [-0.2, 0) is 17.1 Å². The molecule has 1 aromatic carbocycles. The molecule has 15 heavy (non-hydrogen) atoms. The van der Waals surface area contributed by atoms with Gasteiger partial charge in [-0.05, 0) is 5.92 Å². The largest absolute Gasteiger partial charge is 0.500 e. The minimum atomic E-state index is 0. The quantitative estimate of drug-likeness (QED) is 0.319. The first-order valence-electron chi connectivity index (χ1n) is 4.26. The van der Waals surface area contributed by atoms with Gasteiger partial charge in [0.15, 0.2) is 5.76 Å². The van der Waals surface area contributed by atoms with Crippen molar-refractivity contribution < 1.29 is 22.2 Å². The molecule has 1 aromatic rings. The Labute approximate surface area is 101 Å². The number of hydrogen-bond acceptors (Lipinski definition) is 1. The van der Waals surface area contributed by atoms with Crippen molar-refractivity contribution in [3.8, 4) is 12.3 Å². The molecule has 78 valence electrons. The van der Waals surface area contributed by atoms with Crippen molar-refractivity contribution in [3.63, 3.8) is 0 Å². The van der Waals surface area contributed by atoms with Crippen LogP contribution in [0.15, 0.2) is 66.0 Å². The van der Waals surface area contributed by atoms with E-state index >= 15 is 0 Å². The van der Waals surface area contributed by atoms with E-state index in [-0.39, 0.29) is 22.8 Å². The molecule has 1 N–H and O–H groups in total. The van der Waals surface area contributed by atoms with Crippen LogP contribution in [0.1, 0.15) is 0 Å². The summed E-state index contributed by atoms with van der Waals surface area (Å²) in [5, 5.41) is 8.90. The molecule has 0 amide bonds. The van der Waals surface area contributed by atoms with Crippen LogP contribution in [0.5, 0.6) is 0 Å². The van der Waals surface area contributed by atoms with E-state index in [1.54, 1.807) is 12.2 Å². The Morgan fingerprint density at radius 2 is 1.73 bits per heavy atom. The molecular weight excluding hydrogens is 228 g/mol. The van der Waals surface area contributed by atoms with Crippen molar-refractivity contribution in [1.82, 2.24) is 0 Å². The minimum Gasteiger partial charge on any atom is -0.500 e. The molecule has 1 aliphatic rings. The van der Waals surface area contributed by atoms with Gasteiger partial charge in [0.05, 0.1) is 0 Å². The number of aliphatic hydroxyl groups excluding tert-OH is 1. The zero-order chi connectivity index (χ0) is 10.2. The van der Waals surface area contributed by atoms with Crippen LogP contribution in [-0.4, -0.2) is 5.11 Å². The standard InChI is InChI=1S/C8H6O.C5H5.Fe/c1-2-8(9)7-5-3-4-6-7;1-2-4-5-3-1;/h1,3-6,9H;1-5H;/q;-1;. The molecule has 0 bridgehead atoms. The molecule has 1 nitrogen and oxygen atoms in total. The van der Waals surface area contributed by atoms with Gasteiger partial charge in [0.25, 0.3) is 0 Å². The molecule has 2 heteroatoms. The summed E-state index contributed by atoms with van der Waals surface area (Å²) in [6.07, 6.45) is 12.1. The average Bonchev–Trinajstić information content (AvgIpc) is 2.91. The summed E-state index contributed by atoms with van der Waals surface area (Å²) in [4.78, 5) is 0. The zero-order valence-electron chi connectivity index (χ0n) is 8.07. The molecule has 0 fully saturated rings. The summed E-state index contributed by atoms with van der Waals surface area (Å²) in [7, 11) is 0. The summed E-state index contributed by atoms with van der Waals surface area (Å²) in [6, 6.07) is 10.0. The summed E-state index contributed by atoms with van der Waals surface area (Å²) >= 11 is 0. The van der Waals surface area contributed by atoms with Crippen molar-refractivity contribution in [3.05, 3.63) is 66.0 Å². The van der Waals surface area contributed by atoms with Crippen molar-refractivity contribution in [2.24, 2.45) is 0 Å². The fraction of sp³-hybridized carbons (Fsp3) is 0. The molecule has 1 aliphatic carbocycles. The summed E-state index contributed by atoms with van der Waals surface area (Å²) < 4.78 is 0. The van der Waals surface area contributed by atoms with Crippen LogP contribution in [0.25, 0.3) is 0 Å². The minimum absolute atomic E-state index is 0. The number of rotatable bonds is 0. The maximum Gasteiger partial charge on any atom is 0.174 e. The molecule has 0 spiro atoms. The van der Waals surface area contributed by atoms with Gasteiger partial charge in [0.1, 0.15) is 0 Å². The second-order valence-corrected chi connectivity index (χ2v) is 2.63. The molecule has 0 saturated heterocycles. The molecule has 0 atom stereocenters. The summed E-state index contributed by atoms with van der Waals surface area (Å²) in [5.41, 5.74) is 0.706. The van der Waals surface area contributed by atoms with E-state index in [1.807, 2.05) is 42.5 Å². The van der Waals surface area contributed by atoms with Crippen LogP contribution in [0.2, 0.25) is 0 Å². The van der Waals surface area contributed by atoms with Crippen molar-refractivity contribution in [2.75, 3.05) is 0 Å². The second-order valence-electron chi connectivity index (χ2n) is 2.63. The first kappa shape index (κ1) is 13.4. The maximum atomic E-state index is 8.90. The van der Waals surface area contributed by atoms with Gasteiger partial charge < -0.3 is 5.11 Å². The van der Waals surface area contributed by atoms with E-state index < -0.39 is 0 Å². The Kier molecular flexibility index (Phi) is 7.01. The van der Waals surface area contributed by atoms with E-state index in [9.17, 15) is 0 Å². The Balaban J connectivity index is 0.000000280. The number of allylic oxidation sites excluding steroid dienone is 6. The molecule has 0 unspecified atom stereocenters. The van der Waals surface area contributed by atoms with Crippen LogP contribution in [0, 0.1) is 12.3 Å². The fourth-order valence-corrected chi connectivity index (χ4v) is 0.936. The van der Waals surface area contributed by atoms with Gasteiger partial charge in [-0.15, -0.1) is 6.42 Å². The van der Waals surface area contributed by atoms with Gasteiger partial charge in [-0.1, -0.05) is 24.3 Å². The Morgan fingerprint density at radius 1 is 1.20 bits per heavy atom. The summed E-state index contributed by atoms with van der Waals surface area (Å²) in [6.45, 7) is 0. The van der Waals surface area contributed by atoms with Gasteiger partial charge >= 0.3 is 0 Å². The van der Waals surface area contributed by atoms with Crippen LogP contribution >= 0.6 is 0 Å². The van der Waals surface area contributed by atoms with Gasteiger partial charge in [0, 0.05) is 22.6 Å². The van der Waals surface area contributed by atoms with Gasteiger partial charge in [0.2, 0.25) is 0 Å². The number of aliphatic hydroxyl groups is 1. The first-order chi connectivity index (χ1) is 6.84. The summed E-state index contributed by atoms with van der Waals surface area (Å²) in [5.74, 6) is 2.14. The zero-order valence-corrected chi connectivity index (χ0v) is 9.18. The smallest absolute Gasteiger partial charge is 0.174 e. The van der Waals surface area contributed by atoms with Crippen molar-refractivity contribution in [1.29, 1.82) is 0 Å². The predicted octanol–water partition coefficient (Wildman–Crippen LogP) is 2.96. The Hall–Kier alpha value is -1.55. The van der Waals surface area contributed by atoms with Gasteiger partial charge in [-0.25, -0.2) is 12.1 Å². The Bertz CT molecular complexity index is 357. The third-order valence-corrected chi connectivity index (χ3v) is 1.63. The van der Waals surface area contributed by atoms with E-state index in [0.717, 1.165) is 0 Å². The second kappa shape index (κ2) is 7.82. The molecular formula is C13H11FeO-. The van der Waals surface area contributed by atoms with Crippen LogP contribution in [0.4, 0.5) is 0 Å². The van der Waals surface area contributed by atoms with Crippen LogP contribution in [0.3, 0.4) is 0 Å². The monoisotopic (exact) mass is 239 g/mol. The van der Waals surface area contributed by atoms with Crippen molar-refractivity contribution >= 4 is 0 Å². The van der Waals surface area contributed by atoms with Crippen LogP contribution < -0.4 is 0 Å². The predicted molar refractivity (Wildman–Crippen MR) is 58.8 cm³/mol. The molecule has 0 radical (unpaired) electrons. The van der Waals surface area contributed by atoms with Gasteiger partial charge in [-0.3, -0.25) is 0 Å². The average molecular weight is 239 g/mol. The number of terminal acetylenes is 1. The SMILES string of the molecule is C#CC(O)=C1C=CC=C1.[Fe].c1cc[cH-]c1. The molecule has 0 heterocycles. The molecule has 0 aromatic heterocycles. The van der Waals surface area contributed by atoms with Gasteiger partial charge in [-0.2, -0.15) is 18.2 Å². The molecule has 2 rings (SSSR count). The van der Waals surface area contributed by atoms with E-state index in [0.29, 0.717) is 5.57 Å². The molecule has 0 saturated carbocycles. The normalized spacial score (nSPS) is 11.0. The van der Waals surface area contributed by atoms with E-state index in [2.05, 4.69) is 5.92 Å².